The number of sulfonamides is 1. The Morgan fingerprint density at radius 3 is 2.65 bits per heavy atom. The van der Waals surface area contributed by atoms with E-state index in [4.69, 9.17) is 4.74 Å². The molecule has 3 amide bonds. The molecular formula is C11H19N3O5S. The Kier molecular flexibility index (Phi) is 4.03. The zero-order valence-corrected chi connectivity index (χ0v) is 12.3. The average Bonchev–Trinajstić information content (AvgIpc) is 2.84. The third-order valence-electron chi connectivity index (χ3n) is 3.43. The SMILES string of the molecule is CC(C)OCCS(=O)(=O)N1CCC2(C1)NC(=O)NC2=O. The number of carbonyl (C=O) groups is 2. The minimum Gasteiger partial charge on any atom is -0.378 e. The molecule has 0 bridgehead atoms. The van der Waals surface area contributed by atoms with Gasteiger partial charge in [-0.1, -0.05) is 0 Å². The molecule has 9 heteroatoms. The van der Waals surface area contributed by atoms with E-state index >= 15 is 0 Å². The van der Waals surface area contributed by atoms with Gasteiger partial charge in [-0.3, -0.25) is 10.1 Å². The highest BCUT2D eigenvalue weighted by atomic mass is 32.2. The van der Waals surface area contributed by atoms with E-state index in [-0.39, 0.29) is 38.0 Å². The molecule has 2 rings (SSSR count). The van der Waals surface area contributed by atoms with Crippen molar-refractivity contribution < 1.29 is 22.7 Å². The fraction of sp³-hybridized carbons (Fsp3) is 0.818. The van der Waals surface area contributed by atoms with Gasteiger partial charge in [-0.05, 0) is 20.3 Å². The Bertz CT molecular complexity index is 518. The number of ether oxygens (including phenoxy) is 1. The van der Waals surface area contributed by atoms with Crippen molar-refractivity contribution in [1.29, 1.82) is 0 Å². The summed E-state index contributed by atoms with van der Waals surface area (Å²) < 4.78 is 30.8. The van der Waals surface area contributed by atoms with Crippen molar-refractivity contribution in [2.75, 3.05) is 25.4 Å². The summed E-state index contributed by atoms with van der Waals surface area (Å²) in [7, 11) is -3.48. The van der Waals surface area contributed by atoms with Gasteiger partial charge in [0, 0.05) is 13.1 Å². The maximum absolute atomic E-state index is 12.1. The lowest BCUT2D eigenvalue weighted by Crippen LogP contribution is -2.49. The first-order chi connectivity index (χ1) is 9.25. The second kappa shape index (κ2) is 5.30. The smallest absolute Gasteiger partial charge is 0.322 e. The summed E-state index contributed by atoms with van der Waals surface area (Å²) in [6.07, 6.45) is 0.254. The lowest BCUT2D eigenvalue weighted by Gasteiger charge is -2.21. The summed E-state index contributed by atoms with van der Waals surface area (Å²) in [6.45, 7) is 3.97. The summed E-state index contributed by atoms with van der Waals surface area (Å²) in [5.74, 6) is -0.588. The van der Waals surface area contributed by atoms with Crippen LogP contribution in [-0.4, -0.2) is 61.8 Å². The fourth-order valence-corrected chi connectivity index (χ4v) is 3.70. The lowest BCUT2D eigenvalue weighted by molar-refractivity contribution is -0.123. The topological polar surface area (TPSA) is 105 Å². The molecule has 2 saturated heterocycles. The summed E-state index contributed by atoms with van der Waals surface area (Å²) in [6, 6.07) is -0.572. The predicted octanol–water partition coefficient (Wildman–Crippen LogP) is -0.975. The van der Waals surface area contributed by atoms with Gasteiger partial charge in [0.25, 0.3) is 5.91 Å². The summed E-state index contributed by atoms with van der Waals surface area (Å²) in [4.78, 5) is 22.9. The first kappa shape index (κ1) is 15.2. The van der Waals surface area contributed by atoms with Crippen LogP contribution in [0.3, 0.4) is 0 Å². The molecule has 2 N–H and O–H groups in total. The number of amides is 3. The Hall–Kier alpha value is -1.19. The Labute approximate surface area is 117 Å². The number of urea groups is 1. The van der Waals surface area contributed by atoms with Gasteiger partial charge in [0.1, 0.15) is 5.54 Å². The molecule has 1 spiro atoms. The van der Waals surface area contributed by atoms with Gasteiger partial charge in [-0.25, -0.2) is 13.2 Å². The number of carbonyl (C=O) groups excluding carboxylic acids is 2. The second-order valence-electron chi connectivity index (χ2n) is 5.31. The molecule has 1 atom stereocenters. The average molecular weight is 305 g/mol. The van der Waals surface area contributed by atoms with Gasteiger partial charge < -0.3 is 10.1 Å². The number of hydrogen-bond acceptors (Lipinski definition) is 5. The number of imide groups is 1. The van der Waals surface area contributed by atoms with Gasteiger partial charge in [0.15, 0.2) is 0 Å². The number of nitrogens with one attached hydrogen (secondary N) is 2. The standard InChI is InChI=1S/C11H19N3O5S/c1-8(2)19-5-6-20(17,18)14-4-3-11(7-14)9(15)12-10(16)13-11/h8H,3-7H2,1-2H3,(H2,12,13,15,16). The molecule has 0 aromatic heterocycles. The second-order valence-corrected chi connectivity index (χ2v) is 7.40. The highest BCUT2D eigenvalue weighted by molar-refractivity contribution is 7.89. The lowest BCUT2D eigenvalue weighted by atomic mass is 10.00. The Balaban J connectivity index is 1.98. The van der Waals surface area contributed by atoms with Crippen molar-refractivity contribution in [3.63, 3.8) is 0 Å². The highest BCUT2D eigenvalue weighted by Gasteiger charge is 2.52. The molecule has 8 nitrogen and oxygen atoms in total. The molecule has 2 fully saturated rings. The minimum absolute atomic E-state index is 0.0193. The first-order valence-electron chi connectivity index (χ1n) is 6.48. The van der Waals surface area contributed by atoms with E-state index < -0.39 is 27.5 Å². The van der Waals surface area contributed by atoms with Crippen LogP contribution in [-0.2, 0) is 19.6 Å². The van der Waals surface area contributed by atoms with E-state index in [2.05, 4.69) is 10.6 Å². The number of nitrogens with zero attached hydrogens (tertiary/aromatic N) is 1. The summed E-state index contributed by atoms with van der Waals surface area (Å²) in [5.41, 5.74) is -1.11. The van der Waals surface area contributed by atoms with E-state index in [1.807, 2.05) is 13.8 Å². The molecule has 0 saturated carbocycles. The van der Waals surface area contributed by atoms with Crippen LogP contribution in [0.4, 0.5) is 4.79 Å². The van der Waals surface area contributed by atoms with Crippen LogP contribution in [0.25, 0.3) is 0 Å². The molecule has 1 unspecified atom stereocenters. The van der Waals surface area contributed by atoms with Crippen molar-refractivity contribution in [1.82, 2.24) is 14.9 Å². The maximum atomic E-state index is 12.1. The van der Waals surface area contributed by atoms with Crippen LogP contribution < -0.4 is 10.6 Å². The van der Waals surface area contributed by atoms with Crippen LogP contribution in [0.2, 0.25) is 0 Å². The largest absolute Gasteiger partial charge is 0.378 e. The molecule has 2 aliphatic heterocycles. The first-order valence-corrected chi connectivity index (χ1v) is 8.09. The van der Waals surface area contributed by atoms with Crippen LogP contribution >= 0.6 is 0 Å². The monoisotopic (exact) mass is 305 g/mol. The molecule has 2 aliphatic rings. The van der Waals surface area contributed by atoms with E-state index in [9.17, 15) is 18.0 Å². The van der Waals surface area contributed by atoms with Crippen LogP contribution in [0, 0.1) is 0 Å². The van der Waals surface area contributed by atoms with Gasteiger partial charge in [-0.2, -0.15) is 4.31 Å². The molecule has 2 heterocycles. The Morgan fingerprint density at radius 2 is 2.10 bits per heavy atom. The van der Waals surface area contributed by atoms with Gasteiger partial charge in [0.2, 0.25) is 10.0 Å². The highest BCUT2D eigenvalue weighted by Crippen LogP contribution is 2.26. The molecule has 114 valence electrons. The fourth-order valence-electron chi connectivity index (χ4n) is 2.35. The predicted molar refractivity (Wildman–Crippen MR) is 70.5 cm³/mol. The van der Waals surface area contributed by atoms with E-state index in [0.29, 0.717) is 0 Å². The van der Waals surface area contributed by atoms with Crippen molar-refractivity contribution in [3.8, 4) is 0 Å². The van der Waals surface area contributed by atoms with Gasteiger partial charge >= 0.3 is 6.03 Å². The minimum atomic E-state index is -3.48. The van der Waals surface area contributed by atoms with Gasteiger partial charge in [0.05, 0.1) is 18.5 Å². The molecule has 0 radical (unpaired) electrons. The molecular weight excluding hydrogens is 286 g/mol. The number of hydrogen-bond donors (Lipinski definition) is 2. The Morgan fingerprint density at radius 1 is 1.40 bits per heavy atom. The zero-order valence-electron chi connectivity index (χ0n) is 11.5. The van der Waals surface area contributed by atoms with Crippen LogP contribution in [0.1, 0.15) is 20.3 Å². The summed E-state index contributed by atoms with van der Waals surface area (Å²) in [5, 5.41) is 4.66. The quantitative estimate of drug-likeness (QED) is 0.636. The normalized spacial score (nSPS) is 27.4. The van der Waals surface area contributed by atoms with Crippen LogP contribution in [0.15, 0.2) is 0 Å². The third-order valence-corrected chi connectivity index (χ3v) is 5.22. The van der Waals surface area contributed by atoms with Crippen LogP contribution in [0.5, 0.6) is 0 Å². The van der Waals surface area contributed by atoms with Crippen molar-refractivity contribution in [3.05, 3.63) is 0 Å². The van der Waals surface area contributed by atoms with Crippen molar-refractivity contribution in [2.45, 2.75) is 31.9 Å². The molecule has 0 aromatic rings. The maximum Gasteiger partial charge on any atom is 0.322 e. The van der Waals surface area contributed by atoms with E-state index in [0.717, 1.165) is 0 Å². The van der Waals surface area contributed by atoms with E-state index in [1.165, 1.54) is 4.31 Å². The zero-order chi connectivity index (χ0) is 15.0. The van der Waals surface area contributed by atoms with Crippen molar-refractivity contribution in [2.24, 2.45) is 0 Å². The molecule has 20 heavy (non-hydrogen) atoms. The summed E-state index contributed by atoms with van der Waals surface area (Å²) >= 11 is 0. The van der Waals surface area contributed by atoms with Crippen molar-refractivity contribution >= 4 is 22.0 Å². The van der Waals surface area contributed by atoms with E-state index in [1.54, 1.807) is 0 Å². The molecule has 0 aliphatic carbocycles. The molecule has 0 aromatic carbocycles. The van der Waals surface area contributed by atoms with Gasteiger partial charge in [-0.15, -0.1) is 0 Å². The number of rotatable bonds is 5. The third kappa shape index (κ3) is 2.94.